The minimum atomic E-state index is 0.605. The summed E-state index contributed by atoms with van der Waals surface area (Å²) >= 11 is 0. The van der Waals surface area contributed by atoms with E-state index in [1.165, 1.54) is 19.4 Å². The van der Waals surface area contributed by atoms with Crippen LogP contribution >= 0.6 is 0 Å². The fourth-order valence-electron chi connectivity index (χ4n) is 4.02. The van der Waals surface area contributed by atoms with Gasteiger partial charge in [-0.05, 0) is 38.9 Å². The second kappa shape index (κ2) is 11.2. The van der Waals surface area contributed by atoms with Crippen LogP contribution in [0.5, 0.6) is 0 Å². The van der Waals surface area contributed by atoms with E-state index in [9.17, 15) is 0 Å². The molecule has 2 fully saturated rings. The molecule has 0 amide bonds. The molecule has 2 aliphatic rings. The number of nitrogens with one attached hydrogen (secondary N) is 2. The number of hydrogen-bond acceptors (Lipinski definition) is 6. The van der Waals surface area contributed by atoms with E-state index in [1.54, 1.807) is 0 Å². The van der Waals surface area contributed by atoms with Gasteiger partial charge in [0.25, 0.3) is 0 Å². The van der Waals surface area contributed by atoms with Crippen molar-refractivity contribution >= 4 is 11.9 Å². The number of aliphatic imine (C=N–C) groups is 1. The van der Waals surface area contributed by atoms with Crippen molar-refractivity contribution < 1.29 is 0 Å². The topological polar surface area (TPSA) is 71.9 Å². The quantitative estimate of drug-likeness (QED) is 0.500. The van der Waals surface area contributed by atoms with E-state index in [0.29, 0.717) is 6.04 Å². The molecule has 156 valence electrons. The second-order valence-corrected chi connectivity index (χ2v) is 7.45. The molecule has 3 heterocycles. The summed E-state index contributed by atoms with van der Waals surface area (Å²) in [7, 11) is 0. The van der Waals surface area contributed by atoms with Crippen molar-refractivity contribution in [3.8, 4) is 0 Å². The van der Waals surface area contributed by atoms with Crippen molar-refractivity contribution in [3.63, 3.8) is 0 Å². The third-order valence-corrected chi connectivity index (χ3v) is 5.64. The first-order valence-electron chi connectivity index (χ1n) is 10.8. The van der Waals surface area contributed by atoms with E-state index in [1.807, 2.05) is 18.5 Å². The number of nitrogens with zero attached hydrogens (tertiary/aromatic N) is 6. The third-order valence-electron chi connectivity index (χ3n) is 5.64. The Balaban J connectivity index is 1.38. The van der Waals surface area contributed by atoms with Crippen molar-refractivity contribution in [2.75, 3.05) is 70.3 Å². The molecule has 8 nitrogen and oxygen atoms in total. The number of likely N-dealkylation sites (N-methyl/N-ethyl adjacent to an activating group) is 1. The number of rotatable bonds is 8. The Labute approximate surface area is 169 Å². The molecule has 0 saturated carbocycles. The van der Waals surface area contributed by atoms with Crippen molar-refractivity contribution in [3.05, 3.63) is 18.5 Å². The lowest BCUT2D eigenvalue weighted by atomic mass is 10.2. The summed E-state index contributed by atoms with van der Waals surface area (Å²) in [6, 6.07) is 2.47. The molecule has 0 aromatic carbocycles. The summed E-state index contributed by atoms with van der Waals surface area (Å²) in [5.74, 6) is 1.79. The zero-order valence-corrected chi connectivity index (χ0v) is 17.5. The molecule has 3 rings (SSSR count). The van der Waals surface area contributed by atoms with Gasteiger partial charge in [-0.25, -0.2) is 9.97 Å². The molecule has 0 aliphatic carbocycles. The van der Waals surface area contributed by atoms with Crippen LogP contribution in [-0.2, 0) is 0 Å². The van der Waals surface area contributed by atoms with Crippen molar-refractivity contribution in [1.82, 2.24) is 30.4 Å². The molecule has 1 unspecified atom stereocenters. The molecule has 0 radical (unpaired) electrons. The number of aromatic nitrogens is 2. The lowest BCUT2D eigenvalue weighted by Gasteiger charge is -2.34. The Hall–Kier alpha value is -1.93. The van der Waals surface area contributed by atoms with Crippen LogP contribution in [0.15, 0.2) is 23.5 Å². The van der Waals surface area contributed by atoms with Gasteiger partial charge in [0.05, 0.1) is 6.54 Å². The number of likely N-dealkylation sites (tertiary alicyclic amines) is 1. The Morgan fingerprint density at radius 3 is 2.61 bits per heavy atom. The smallest absolute Gasteiger partial charge is 0.225 e. The van der Waals surface area contributed by atoms with Crippen molar-refractivity contribution in [2.45, 2.75) is 32.7 Å². The molecule has 1 aromatic heterocycles. The third kappa shape index (κ3) is 6.04. The Morgan fingerprint density at radius 1 is 1.11 bits per heavy atom. The molecule has 1 aromatic rings. The average Bonchev–Trinajstić information content (AvgIpc) is 3.21. The van der Waals surface area contributed by atoms with Crippen LogP contribution in [0.4, 0.5) is 5.95 Å². The van der Waals surface area contributed by atoms with Gasteiger partial charge in [0.1, 0.15) is 0 Å². The average molecular weight is 389 g/mol. The molecule has 28 heavy (non-hydrogen) atoms. The van der Waals surface area contributed by atoms with E-state index in [-0.39, 0.29) is 0 Å². The van der Waals surface area contributed by atoms with E-state index in [0.717, 1.165) is 70.8 Å². The summed E-state index contributed by atoms with van der Waals surface area (Å²) in [4.78, 5) is 20.8. The maximum absolute atomic E-state index is 4.84. The number of piperazine rings is 1. The molecular weight excluding hydrogens is 352 g/mol. The van der Waals surface area contributed by atoms with Crippen LogP contribution in [0.25, 0.3) is 0 Å². The highest BCUT2D eigenvalue weighted by Crippen LogP contribution is 2.16. The van der Waals surface area contributed by atoms with Crippen LogP contribution < -0.4 is 15.5 Å². The normalized spacial score (nSPS) is 21.9. The number of guanidine groups is 1. The summed E-state index contributed by atoms with van der Waals surface area (Å²) in [6.07, 6.45) is 6.20. The predicted octanol–water partition coefficient (Wildman–Crippen LogP) is 0.638. The van der Waals surface area contributed by atoms with Gasteiger partial charge < -0.3 is 15.5 Å². The van der Waals surface area contributed by atoms with Gasteiger partial charge in [-0.15, -0.1) is 0 Å². The second-order valence-electron chi connectivity index (χ2n) is 7.45. The fraction of sp³-hybridized carbons (Fsp3) is 0.750. The lowest BCUT2D eigenvalue weighted by molar-refractivity contribution is 0.260. The fourth-order valence-corrected chi connectivity index (χ4v) is 4.02. The highest BCUT2D eigenvalue weighted by Gasteiger charge is 2.22. The van der Waals surface area contributed by atoms with Crippen LogP contribution in [0, 0.1) is 0 Å². The van der Waals surface area contributed by atoms with E-state index in [4.69, 9.17) is 4.99 Å². The minimum absolute atomic E-state index is 0.605. The van der Waals surface area contributed by atoms with Crippen LogP contribution in [-0.4, -0.2) is 97.2 Å². The molecule has 2 aliphatic heterocycles. The first kappa shape index (κ1) is 20.8. The zero-order valence-electron chi connectivity index (χ0n) is 17.5. The molecule has 1 atom stereocenters. The Morgan fingerprint density at radius 2 is 1.89 bits per heavy atom. The maximum atomic E-state index is 4.84. The highest BCUT2D eigenvalue weighted by molar-refractivity contribution is 5.79. The first-order chi connectivity index (χ1) is 13.8. The van der Waals surface area contributed by atoms with Gasteiger partial charge in [-0.2, -0.15) is 0 Å². The number of anilines is 1. The van der Waals surface area contributed by atoms with E-state index < -0.39 is 0 Å². The monoisotopic (exact) mass is 388 g/mol. The predicted molar refractivity (Wildman–Crippen MR) is 115 cm³/mol. The van der Waals surface area contributed by atoms with Crippen molar-refractivity contribution in [1.29, 1.82) is 0 Å². The van der Waals surface area contributed by atoms with E-state index >= 15 is 0 Å². The summed E-state index contributed by atoms with van der Waals surface area (Å²) in [5.41, 5.74) is 0. The lowest BCUT2D eigenvalue weighted by Crippen LogP contribution is -2.49. The number of hydrogen-bond donors (Lipinski definition) is 2. The molecule has 8 heteroatoms. The first-order valence-corrected chi connectivity index (χ1v) is 10.8. The summed E-state index contributed by atoms with van der Waals surface area (Å²) in [6.45, 7) is 14.5. The summed E-state index contributed by atoms with van der Waals surface area (Å²) < 4.78 is 0. The van der Waals surface area contributed by atoms with Gasteiger partial charge in [0.15, 0.2) is 5.96 Å². The van der Waals surface area contributed by atoms with Gasteiger partial charge in [0, 0.05) is 64.2 Å². The molecular formula is C20H36N8. The standard InChI is InChI=1S/C20H36N8/c1-3-21-19(25-17-18-7-5-11-27(18)4-2)22-10-12-26-13-15-28(16-14-26)20-23-8-6-9-24-20/h6,8-9,18H,3-5,7,10-17H2,1-2H3,(H2,21,22,25). The van der Waals surface area contributed by atoms with Gasteiger partial charge in [0.2, 0.25) is 5.95 Å². The molecule has 0 spiro atoms. The zero-order chi connectivity index (χ0) is 19.6. The SMILES string of the molecule is CCNC(=NCC1CCCN1CC)NCCN1CCN(c2ncccn2)CC1. The summed E-state index contributed by atoms with van der Waals surface area (Å²) in [5, 5.41) is 6.89. The largest absolute Gasteiger partial charge is 0.357 e. The highest BCUT2D eigenvalue weighted by atomic mass is 15.3. The van der Waals surface area contributed by atoms with Gasteiger partial charge >= 0.3 is 0 Å². The molecule has 2 N–H and O–H groups in total. The Kier molecular flexibility index (Phi) is 8.29. The minimum Gasteiger partial charge on any atom is -0.357 e. The van der Waals surface area contributed by atoms with Gasteiger partial charge in [-0.3, -0.25) is 14.8 Å². The van der Waals surface area contributed by atoms with Gasteiger partial charge in [-0.1, -0.05) is 6.92 Å². The maximum Gasteiger partial charge on any atom is 0.225 e. The Bertz CT molecular complexity index is 585. The van der Waals surface area contributed by atoms with Crippen molar-refractivity contribution in [2.24, 2.45) is 4.99 Å². The molecule has 2 saturated heterocycles. The van der Waals surface area contributed by atoms with E-state index in [2.05, 4.69) is 49.1 Å². The van der Waals surface area contributed by atoms with Crippen LogP contribution in [0.2, 0.25) is 0 Å². The van der Waals surface area contributed by atoms with Crippen LogP contribution in [0.1, 0.15) is 26.7 Å². The molecule has 0 bridgehead atoms. The van der Waals surface area contributed by atoms with Crippen LogP contribution in [0.3, 0.4) is 0 Å².